The van der Waals surface area contributed by atoms with Gasteiger partial charge >= 0.3 is 5.69 Å². The molecule has 22 heavy (non-hydrogen) atoms. The second kappa shape index (κ2) is 6.50. The van der Waals surface area contributed by atoms with Gasteiger partial charge in [0, 0.05) is 6.07 Å². The lowest BCUT2D eigenvalue weighted by atomic mass is 10.2. The monoisotopic (exact) mass is 368 g/mol. The summed E-state index contributed by atoms with van der Waals surface area (Å²) in [6.07, 6.45) is 0. The number of nitro benzene ring substituents is 2. The Kier molecular flexibility index (Phi) is 4.68. The Bertz CT molecular complexity index is 749. The Morgan fingerprint density at radius 2 is 1.73 bits per heavy atom. The fourth-order valence-electron chi connectivity index (χ4n) is 1.69. The topological polar surface area (TPSA) is 116 Å². The molecule has 0 aromatic heterocycles. The summed E-state index contributed by atoms with van der Waals surface area (Å²) < 4.78 is 5.94. The van der Waals surface area contributed by atoms with Gasteiger partial charge in [-0.15, -0.1) is 0 Å². The second-order valence-corrected chi connectivity index (χ2v) is 5.05. The predicted molar refractivity (Wildman–Crippen MR) is 79.9 cm³/mol. The molecular formula is C13H9BrN2O6. The van der Waals surface area contributed by atoms with Gasteiger partial charge in [-0.1, -0.05) is 6.07 Å². The molecule has 0 aliphatic carbocycles. The van der Waals surface area contributed by atoms with Crippen molar-refractivity contribution in [3.05, 3.63) is 66.7 Å². The van der Waals surface area contributed by atoms with Crippen LogP contribution < -0.4 is 4.74 Å². The molecule has 2 rings (SSSR count). The molecule has 9 heteroatoms. The zero-order valence-electron chi connectivity index (χ0n) is 10.9. The van der Waals surface area contributed by atoms with E-state index in [1.807, 2.05) is 0 Å². The van der Waals surface area contributed by atoms with Crippen molar-refractivity contribution >= 4 is 27.3 Å². The van der Waals surface area contributed by atoms with Crippen molar-refractivity contribution in [1.29, 1.82) is 0 Å². The van der Waals surface area contributed by atoms with Crippen molar-refractivity contribution < 1.29 is 19.7 Å². The number of rotatable bonds is 5. The Labute approximate surface area is 132 Å². The maximum atomic E-state index is 11.0. The van der Waals surface area contributed by atoms with Crippen molar-refractivity contribution in [3.63, 3.8) is 0 Å². The van der Waals surface area contributed by atoms with Gasteiger partial charge in [0.25, 0.3) is 5.69 Å². The molecule has 0 bridgehead atoms. The largest absolute Gasteiger partial charge is 0.449 e. The Balaban J connectivity index is 2.41. The van der Waals surface area contributed by atoms with Crippen molar-refractivity contribution in [1.82, 2.24) is 0 Å². The van der Waals surface area contributed by atoms with E-state index in [1.165, 1.54) is 12.1 Å². The van der Waals surface area contributed by atoms with E-state index in [9.17, 15) is 20.2 Å². The zero-order valence-corrected chi connectivity index (χ0v) is 12.5. The summed E-state index contributed by atoms with van der Waals surface area (Å²) in [4.78, 5) is 20.2. The average molecular weight is 369 g/mol. The highest BCUT2D eigenvalue weighted by atomic mass is 79.9. The smallest absolute Gasteiger partial charge is 0.318 e. The number of benzene rings is 2. The third-order valence-corrected chi connectivity index (χ3v) is 3.37. The van der Waals surface area contributed by atoms with Gasteiger partial charge in [0.1, 0.15) is 5.75 Å². The van der Waals surface area contributed by atoms with Crippen LogP contribution >= 0.6 is 15.9 Å². The van der Waals surface area contributed by atoms with Gasteiger partial charge in [-0.05, 0) is 39.7 Å². The van der Waals surface area contributed by atoms with E-state index in [1.54, 1.807) is 12.1 Å². The highest BCUT2D eigenvalue weighted by Gasteiger charge is 2.21. The van der Waals surface area contributed by atoms with Crippen LogP contribution in [0.4, 0.5) is 11.4 Å². The summed E-state index contributed by atoms with van der Waals surface area (Å²) >= 11 is 3.23. The first-order valence-corrected chi connectivity index (χ1v) is 6.71. The quantitative estimate of drug-likeness (QED) is 0.637. The molecule has 8 nitrogen and oxygen atoms in total. The number of ether oxygens (including phenoxy) is 1. The van der Waals surface area contributed by atoms with Gasteiger partial charge < -0.3 is 9.84 Å². The highest BCUT2D eigenvalue weighted by molar-refractivity contribution is 9.10. The van der Waals surface area contributed by atoms with E-state index in [-0.39, 0.29) is 18.1 Å². The molecule has 0 saturated heterocycles. The maximum absolute atomic E-state index is 11.0. The van der Waals surface area contributed by atoms with Crippen LogP contribution in [0.3, 0.4) is 0 Å². The fourth-order valence-corrected chi connectivity index (χ4v) is 2.20. The SMILES string of the molecule is O=[N+]([O-])c1ccc(Oc2ccc(CO)cc2Br)c([N+](=O)[O-])c1. The minimum Gasteiger partial charge on any atom is -0.449 e. The molecule has 0 spiro atoms. The number of halogens is 1. The molecule has 114 valence electrons. The van der Waals surface area contributed by atoms with Crippen LogP contribution in [0, 0.1) is 20.2 Å². The molecule has 0 radical (unpaired) electrons. The third kappa shape index (κ3) is 3.38. The molecule has 0 saturated carbocycles. The lowest BCUT2D eigenvalue weighted by molar-refractivity contribution is -0.394. The first-order valence-electron chi connectivity index (χ1n) is 5.92. The standard InChI is InChI=1S/C13H9BrN2O6/c14-10-5-8(7-17)1-3-12(10)22-13-4-2-9(15(18)19)6-11(13)16(20)21/h1-6,17H,7H2. The molecule has 0 heterocycles. The first kappa shape index (κ1) is 15.9. The first-order chi connectivity index (χ1) is 10.4. The van der Waals surface area contributed by atoms with Crippen LogP contribution in [0.1, 0.15) is 5.56 Å². The number of aliphatic hydroxyl groups is 1. The molecule has 0 amide bonds. The van der Waals surface area contributed by atoms with Gasteiger partial charge in [0.15, 0.2) is 0 Å². The molecule has 0 aliphatic heterocycles. The summed E-state index contributed by atoms with van der Waals surface area (Å²) in [7, 11) is 0. The summed E-state index contributed by atoms with van der Waals surface area (Å²) in [6, 6.07) is 7.86. The molecule has 2 aromatic carbocycles. The van der Waals surface area contributed by atoms with Crippen molar-refractivity contribution in [2.45, 2.75) is 6.61 Å². The molecule has 1 N–H and O–H groups in total. The molecule has 0 atom stereocenters. The van der Waals surface area contributed by atoms with Crippen LogP contribution in [-0.4, -0.2) is 15.0 Å². The molecule has 2 aromatic rings. The summed E-state index contributed by atoms with van der Waals surface area (Å²) in [6.45, 7) is -0.156. The summed E-state index contributed by atoms with van der Waals surface area (Å²) in [5, 5.41) is 30.7. The van der Waals surface area contributed by atoms with E-state index in [0.29, 0.717) is 10.0 Å². The van der Waals surface area contributed by atoms with Crippen molar-refractivity contribution in [2.24, 2.45) is 0 Å². The van der Waals surface area contributed by atoms with E-state index in [2.05, 4.69) is 15.9 Å². The van der Waals surface area contributed by atoms with Crippen LogP contribution in [-0.2, 0) is 6.61 Å². The minimum absolute atomic E-state index is 0.118. The number of non-ortho nitro benzene ring substituents is 1. The Morgan fingerprint density at radius 3 is 2.27 bits per heavy atom. The van der Waals surface area contributed by atoms with Gasteiger partial charge in [0.2, 0.25) is 5.75 Å². The van der Waals surface area contributed by atoms with Gasteiger partial charge in [-0.2, -0.15) is 0 Å². The molecule has 0 aliphatic rings. The van der Waals surface area contributed by atoms with E-state index >= 15 is 0 Å². The maximum Gasteiger partial charge on any atom is 0.318 e. The average Bonchev–Trinajstić information content (AvgIpc) is 2.49. The summed E-state index contributed by atoms with van der Waals surface area (Å²) in [5.41, 5.74) is -0.265. The number of nitro groups is 2. The molecule has 0 unspecified atom stereocenters. The summed E-state index contributed by atoms with van der Waals surface area (Å²) in [5.74, 6) is 0.169. The molecule has 0 fully saturated rings. The number of hydrogen-bond donors (Lipinski definition) is 1. The minimum atomic E-state index is -0.752. The lowest BCUT2D eigenvalue weighted by Gasteiger charge is -2.09. The van der Waals surface area contributed by atoms with Crippen LogP contribution in [0.25, 0.3) is 0 Å². The number of aliphatic hydroxyl groups excluding tert-OH is 1. The van der Waals surface area contributed by atoms with Crippen LogP contribution in [0.5, 0.6) is 11.5 Å². The fraction of sp³-hybridized carbons (Fsp3) is 0.0769. The van der Waals surface area contributed by atoms with E-state index in [4.69, 9.17) is 9.84 Å². The van der Waals surface area contributed by atoms with E-state index in [0.717, 1.165) is 12.1 Å². The zero-order chi connectivity index (χ0) is 16.3. The van der Waals surface area contributed by atoms with Crippen LogP contribution in [0.15, 0.2) is 40.9 Å². The normalized spacial score (nSPS) is 10.3. The van der Waals surface area contributed by atoms with Crippen LogP contribution in [0.2, 0.25) is 0 Å². The lowest BCUT2D eigenvalue weighted by Crippen LogP contribution is -1.96. The Morgan fingerprint density at radius 1 is 1.05 bits per heavy atom. The third-order valence-electron chi connectivity index (χ3n) is 2.75. The van der Waals surface area contributed by atoms with Crippen molar-refractivity contribution in [3.8, 4) is 11.5 Å². The van der Waals surface area contributed by atoms with Gasteiger partial charge in [0.05, 0.1) is 27.0 Å². The number of hydrogen-bond acceptors (Lipinski definition) is 6. The van der Waals surface area contributed by atoms with Gasteiger partial charge in [-0.25, -0.2) is 0 Å². The predicted octanol–water partition coefficient (Wildman–Crippen LogP) is 3.55. The second-order valence-electron chi connectivity index (χ2n) is 4.19. The molecular weight excluding hydrogens is 360 g/mol. The van der Waals surface area contributed by atoms with E-state index < -0.39 is 21.2 Å². The van der Waals surface area contributed by atoms with Gasteiger partial charge in [-0.3, -0.25) is 20.2 Å². The highest BCUT2D eigenvalue weighted by Crippen LogP contribution is 2.37. The number of nitrogens with zero attached hydrogens (tertiary/aromatic N) is 2. The van der Waals surface area contributed by atoms with Crippen molar-refractivity contribution in [2.75, 3.05) is 0 Å². The Hall–Kier alpha value is -2.52.